The van der Waals surface area contributed by atoms with Crippen molar-refractivity contribution >= 4 is 5.88 Å². The van der Waals surface area contributed by atoms with Crippen LogP contribution < -0.4 is 5.73 Å². The summed E-state index contributed by atoms with van der Waals surface area (Å²) in [6.45, 7) is 0. The van der Waals surface area contributed by atoms with E-state index < -0.39 is 0 Å². The van der Waals surface area contributed by atoms with E-state index in [-0.39, 0.29) is 0 Å². The normalized spacial score (nSPS) is 10.6. The van der Waals surface area contributed by atoms with E-state index >= 15 is 0 Å². The molecule has 5 nitrogen and oxygen atoms in total. The minimum atomic E-state index is 0.322. The van der Waals surface area contributed by atoms with Crippen LogP contribution in [0.4, 0.5) is 5.88 Å². The third-order valence-electron chi connectivity index (χ3n) is 2.52. The van der Waals surface area contributed by atoms with Crippen LogP contribution in [0.15, 0.2) is 53.4 Å². The second-order valence-corrected chi connectivity index (χ2v) is 3.60. The topological polar surface area (TPSA) is 69.9 Å². The van der Waals surface area contributed by atoms with E-state index in [1.165, 1.54) is 0 Å². The summed E-state index contributed by atoms with van der Waals surface area (Å²) in [6, 6.07) is 9.73. The Morgan fingerprint density at radius 3 is 2.88 bits per heavy atom. The zero-order valence-electron chi connectivity index (χ0n) is 8.95. The second kappa shape index (κ2) is 3.79. The highest BCUT2D eigenvalue weighted by Gasteiger charge is 2.07. The minimum Gasteiger partial charge on any atom is -0.367 e. The molecular weight excluding hydrogens is 216 g/mol. The van der Waals surface area contributed by atoms with Crippen LogP contribution in [0.1, 0.15) is 0 Å². The van der Waals surface area contributed by atoms with Gasteiger partial charge in [-0.05, 0) is 23.8 Å². The van der Waals surface area contributed by atoms with Crippen molar-refractivity contribution in [2.24, 2.45) is 0 Å². The molecule has 17 heavy (non-hydrogen) atoms. The predicted octanol–water partition coefficient (Wildman–Crippen LogP) is 2.11. The van der Waals surface area contributed by atoms with Gasteiger partial charge in [-0.15, -0.1) is 0 Å². The standard InChI is InChI=1S/C12H10N4O/c13-12-11(8-15-17-12)9-3-1-4-10(7-9)16-6-2-5-14-16/h1-8H,13H2. The average molecular weight is 226 g/mol. The molecule has 3 aromatic rings. The third kappa shape index (κ3) is 1.67. The van der Waals surface area contributed by atoms with Crippen molar-refractivity contribution in [1.29, 1.82) is 0 Å². The quantitative estimate of drug-likeness (QED) is 0.726. The molecule has 0 fully saturated rings. The zero-order chi connectivity index (χ0) is 11.7. The smallest absolute Gasteiger partial charge is 0.229 e. The van der Waals surface area contributed by atoms with Gasteiger partial charge >= 0.3 is 0 Å². The first-order valence-corrected chi connectivity index (χ1v) is 5.15. The second-order valence-electron chi connectivity index (χ2n) is 3.60. The molecule has 0 aliphatic rings. The first-order chi connectivity index (χ1) is 8.34. The summed E-state index contributed by atoms with van der Waals surface area (Å²) < 4.78 is 6.64. The Balaban J connectivity index is 2.09. The highest BCUT2D eigenvalue weighted by molar-refractivity contribution is 5.73. The van der Waals surface area contributed by atoms with Crippen LogP contribution in [-0.4, -0.2) is 14.9 Å². The van der Waals surface area contributed by atoms with Crippen molar-refractivity contribution in [3.8, 4) is 16.8 Å². The summed E-state index contributed by atoms with van der Waals surface area (Å²) in [5.41, 5.74) is 8.40. The lowest BCUT2D eigenvalue weighted by molar-refractivity contribution is 0.436. The largest absolute Gasteiger partial charge is 0.367 e. The average Bonchev–Trinajstić information content (AvgIpc) is 2.99. The Morgan fingerprint density at radius 1 is 1.24 bits per heavy atom. The van der Waals surface area contributed by atoms with E-state index in [1.54, 1.807) is 17.1 Å². The van der Waals surface area contributed by atoms with E-state index in [1.807, 2.05) is 36.5 Å². The highest BCUT2D eigenvalue weighted by Crippen LogP contribution is 2.26. The monoisotopic (exact) mass is 226 g/mol. The summed E-state index contributed by atoms with van der Waals surface area (Å²) in [5, 5.41) is 7.85. The molecule has 0 amide bonds. The predicted molar refractivity (Wildman–Crippen MR) is 63.5 cm³/mol. The molecule has 0 atom stereocenters. The van der Waals surface area contributed by atoms with Gasteiger partial charge in [0.1, 0.15) is 0 Å². The molecule has 0 radical (unpaired) electrons. The van der Waals surface area contributed by atoms with Gasteiger partial charge in [-0.25, -0.2) is 4.68 Å². The van der Waals surface area contributed by atoms with E-state index in [0.717, 1.165) is 16.8 Å². The molecule has 0 saturated heterocycles. The van der Waals surface area contributed by atoms with E-state index in [9.17, 15) is 0 Å². The fourth-order valence-electron chi connectivity index (χ4n) is 1.70. The van der Waals surface area contributed by atoms with Crippen LogP contribution in [0, 0.1) is 0 Å². The fraction of sp³-hybridized carbons (Fsp3) is 0. The molecule has 2 heterocycles. The van der Waals surface area contributed by atoms with Crippen LogP contribution in [-0.2, 0) is 0 Å². The summed E-state index contributed by atoms with van der Waals surface area (Å²) in [7, 11) is 0. The lowest BCUT2D eigenvalue weighted by atomic mass is 10.1. The van der Waals surface area contributed by atoms with Crippen LogP contribution in [0.5, 0.6) is 0 Å². The highest BCUT2D eigenvalue weighted by atomic mass is 16.5. The van der Waals surface area contributed by atoms with Crippen molar-refractivity contribution in [2.75, 3.05) is 5.73 Å². The number of hydrogen-bond acceptors (Lipinski definition) is 4. The number of benzene rings is 1. The Labute approximate surface area is 97.5 Å². The molecule has 0 spiro atoms. The Morgan fingerprint density at radius 2 is 2.18 bits per heavy atom. The van der Waals surface area contributed by atoms with Gasteiger partial charge in [0, 0.05) is 12.4 Å². The first kappa shape index (κ1) is 9.65. The Bertz CT molecular complexity index is 628. The summed E-state index contributed by atoms with van der Waals surface area (Å²) in [4.78, 5) is 0. The maximum absolute atomic E-state index is 5.69. The lowest BCUT2D eigenvalue weighted by Gasteiger charge is -2.03. The third-order valence-corrected chi connectivity index (χ3v) is 2.52. The van der Waals surface area contributed by atoms with Gasteiger partial charge in [0.25, 0.3) is 0 Å². The SMILES string of the molecule is Nc1oncc1-c1cccc(-n2cccn2)c1. The Kier molecular flexibility index (Phi) is 2.15. The van der Waals surface area contributed by atoms with E-state index in [4.69, 9.17) is 10.3 Å². The number of aromatic nitrogens is 3. The summed E-state index contributed by atoms with van der Waals surface area (Å²) in [5.74, 6) is 0.322. The maximum atomic E-state index is 5.69. The van der Waals surface area contributed by atoms with Crippen molar-refractivity contribution < 1.29 is 4.52 Å². The number of nitrogen functional groups attached to an aromatic ring is 1. The van der Waals surface area contributed by atoms with Crippen molar-refractivity contribution in [3.63, 3.8) is 0 Å². The van der Waals surface area contributed by atoms with Gasteiger partial charge in [0.2, 0.25) is 5.88 Å². The van der Waals surface area contributed by atoms with Gasteiger partial charge in [0.15, 0.2) is 0 Å². The van der Waals surface area contributed by atoms with Crippen molar-refractivity contribution in [2.45, 2.75) is 0 Å². The van der Waals surface area contributed by atoms with Crippen molar-refractivity contribution in [1.82, 2.24) is 14.9 Å². The van der Waals surface area contributed by atoms with Crippen LogP contribution in [0.3, 0.4) is 0 Å². The molecule has 2 aromatic heterocycles. The zero-order valence-corrected chi connectivity index (χ0v) is 8.95. The molecule has 0 aliphatic carbocycles. The molecule has 0 unspecified atom stereocenters. The molecule has 84 valence electrons. The molecule has 0 bridgehead atoms. The molecule has 2 N–H and O–H groups in total. The van der Waals surface area contributed by atoms with Gasteiger partial charge in [-0.1, -0.05) is 17.3 Å². The van der Waals surface area contributed by atoms with Gasteiger partial charge in [-0.3, -0.25) is 0 Å². The molecule has 3 rings (SSSR count). The van der Waals surface area contributed by atoms with Crippen LogP contribution in [0.25, 0.3) is 16.8 Å². The van der Waals surface area contributed by atoms with Crippen LogP contribution in [0.2, 0.25) is 0 Å². The molecule has 0 aliphatic heterocycles. The van der Waals surface area contributed by atoms with Crippen LogP contribution >= 0.6 is 0 Å². The fourth-order valence-corrected chi connectivity index (χ4v) is 1.70. The van der Waals surface area contributed by atoms with E-state index in [0.29, 0.717) is 5.88 Å². The maximum Gasteiger partial charge on any atom is 0.229 e. The number of nitrogens with two attached hydrogens (primary N) is 1. The molecule has 0 saturated carbocycles. The van der Waals surface area contributed by atoms with Gasteiger partial charge in [0.05, 0.1) is 17.4 Å². The Hall–Kier alpha value is -2.56. The minimum absolute atomic E-state index is 0.322. The molecule has 5 heteroatoms. The number of rotatable bonds is 2. The molecule has 1 aromatic carbocycles. The summed E-state index contributed by atoms with van der Waals surface area (Å²) in [6.07, 6.45) is 5.23. The van der Waals surface area contributed by atoms with E-state index in [2.05, 4.69) is 10.3 Å². The lowest BCUT2D eigenvalue weighted by Crippen LogP contribution is -1.94. The number of hydrogen-bond donors (Lipinski definition) is 1. The van der Waals surface area contributed by atoms with Crippen molar-refractivity contribution in [3.05, 3.63) is 48.9 Å². The van der Waals surface area contributed by atoms with Gasteiger partial charge < -0.3 is 10.3 Å². The number of anilines is 1. The molecular formula is C12H10N4O. The first-order valence-electron chi connectivity index (χ1n) is 5.15. The summed E-state index contributed by atoms with van der Waals surface area (Å²) >= 11 is 0. The van der Waals surface area contributed by atoms with Gasteiger partial charge in [-0.2, -0.15) is 5.10 Å². The number of nitrogens with zero attached hydrogens (tertiary/aromatic N) is 3.